The van der Waals surface area contributed by atoms with Crippen LogP contribution in [0.5, 0.6) is 11.5 Å². The number of ether oxygens (including phenoxy) is 1. The first-order valence-electron chi connectivity index (χ1n) is 20.5. The van der Waals surface area contributed by atoms with Gasteiger partial charge in [0.05, 0.1) is 24.6 Å². The Morgan fingerprint density at radius 2 is 1.62 bits per heavy atom. The second-order valence-corrected chi connectivity index (χ2v) is 24.4. The molecule has 1 saturated carbocycles. The molecule has 0 bridgehead atoms. The molecule has 60 heavy (non-hydrogen) atoms. The predicted molar refractivity (Wildman–Crippen MR) is 231 cm³/mol. The van der Waals surface area contributed by atoms with Gasteiger partial charge in [0.1, 0.15) is 17.0 Å². The van der Waals surface area contributed by atoms with Crippen LogP contribution < -0.4 is 24.9 Å². The molecule has 3 N–H and O–H groups in total. The van der Waals surface area contributed by atoms with E-state index in [2.05, 4.69) is 0 Å². The smallest absolute Gasteiger partial charge is 0.341 e. The van der Waals surface area contributed by atoms with Gasteiger partial charge in [0.15, 0.2) is 16.5 Å². The standard InChI is InChI=1S/C41H59FN3O12P3/c1-10-41(11-2,60(52,53)54)59(51,56-12-3)28-17-18-33(57-58(50,13-4)14-5)31(21-28)40(7,8)23-34(46)44-20-19-43(24-26(44)6)36-32(42)22-29-35(38(36)55-9)45(27-15-16-27)25-30(37(29)47)39(48)49/h17-18,21-22,25-27H,10-16,19-20,23-24H2,1-9H3,(H,48,49)(H2,52,53,54). The van der Waals surface area contributed by atoms with Crippen molar-refractivity contribution in [3.63, 3.8) is 0 Å². The van der Waals surface area contributed by atoms with Gasteiger partial charge in [0.2, 0.25) is 26.1 Å². The number of rotatable bonds is 18. The molecule has 2 aromatic carbocycles. The molecule has 1 aliphatic carbocycles. The van der Waals surface area contributed by atoms with Gasteiger partial charge < -0.3 is 43.0 Å². The van der Waals surface area contributed by atoms with Crippen LogP contribution in [0.25, 0.3) is 10.9 Å². The van der Waals surface area contributed by atoms with Crippen molar-refractivity contribution in [3.05, 3.63) is 57.6 Å². The minimum atomic E-state index is -5.04. The maximum Gasteiger partial charge on any atom is 0.341 e. The summed E-state index contributed by atoms with van der Waals surface area (Å²) in [5.74, 6) is -2.15. The maximum atomic E-state index is 16.2. The molecule has 19 heteroatoms. The number of aromatic carboxylic acids is 1. The van der Waals surface area contributed by atoms with Crippen LogP contribution in [0.15, 0.2) is 35.3 Å². The molecule has 1 saturated heterocycles. The molecule has 0 spiro atoms. The summed E-state index contributed by atoms with van der Waals surface area (Å²) < 4.78 is 77.7. The van der Waals surface area contributed by atoms with E-state index in [0.29, 0.717) is 11.1 Å². The Morgan fingerprint density at radius 1 is 0.983 bits per heavy atom. The SMILES string of the molecule is CCOP(=O)(c1ccc(OP(=O)(CC)CC)c(C(C)(C)CC(=O)N2CCN(c3c(F)cc4c(=O)c(C(=O)O)cn(C5CC5)c4c3OC)CC2C)c1)C(CC)(CC)P(=O)(O)O. The van der Waals surface area contributed by atoms with Crippen molar-refractivity contribution >= 4 is 56.1 Å². The fraction of sp³-hybridized carbons (Fsp3) is 0.585. The van der Waals surface area contributed by atoms with Gasteiger partial charge in [0, 0.05) is 72.9 Å². The largest absolute Gasteiger partial charge is 0.492 e. The van der Waals surface area contributed by atoms with Crippen LogP contribution in [0.3, 0.4) is 0 Å². The number of halogens is 1. The highest BCUT2D eigenvalue weighted by Gasteiger charge is 2.60. The molecule has 3 aromatic rings. The van der Waals surface area contributed by atoms with E-state index in [0.717, 1.165) is 18.9 Å². The first kappa shape index (κ1) is 47.5. The number of carboxylic acid groups (broad SMARTS) is 1. The summed E-state index contributed by atoms with van der Waals surface area (Å²) in [6.07, 6.45) is 2.85. The highest BCUT2D eigenvalue weighted by atomic mass is 31.2. The lowest BCUT2D eigenvalue weighted by molar-refractivity contribution is -0.134. The van der Waals surface area contributed by atoms with E-state index in [1.807, 2.05) is 6.92 Å². The molecule has 0 radical (unpaired) electrons. The number of methoxy groups -OCH3 is 1. The quantitative estimate of drug-likeness (QED) is 0.104. The van der Waals surface area contributed by atoms with Crippen LogP contribution in [0.2, 0.25) is 0 Å². The van der Waals surface area contributed by atoms with Gasteiger partial charge >= 0.3 is 13.6 Å². The topological polar surface area (TPSA) is 202 Å². The third-order valence-corrected chi connectivity index (χ3v) is 21.3. The number of piperazine rings is 1. The van der Waals surface area contributed by atoms with Crippen LogP contribution in [-0.4, -0.2) is 92.9 Å². The zero-order valence-electron chi connectivity index (χ0n) is 35.9. The Hall–Kier alpha value is -3.51. The molecule has 2 unspecified atom stereocenters. The van der Waals surface area contributed by atoms with E-state index >= 15 is 8.96 Å². The molecule has 1 amide bonds. The molecule has 5 rings (SSSR count). The molecule has 1 aromatic heterocycles. The monoisotopic (exact) mass is 897 g/mol. The van der Waals surface area contributed by atoms with Gasteiger partial charge in [-0.2, -0.15) is 0 Å². The first-order chi connectivity index (χ1) is 28.0. The number of nitrogens with zero attached hydrogens (tertiary/aromatic N) is 3. The highest BCUT2D eigenvalue weighted by Crippen LogP contribution is 2.75. The number of fused-ring (bicyclic) bond motifs is 1. The van der Waals surface area contributed by atoms with E-state index in [-0.39, 0.29) is 97.7 Å². The number of benzene rings is 2. The van der Waals surface area contributed by atoms with E-state index < -0.39 is 61.5 Å². The van der Waals surface area contributed by atoms with E-state index in [9.17, 15) is 38.4 Å². The van der Waals surface area contributed by atoms with Gasteiger partial charge in [-0.05, 0) is 63.8 Å². The zero-order chi connectivity index (χ0) is 44.7. The second kappa shape index (κ2) is 17.7. The summed E-state index contributed by atoms with van der Waals surface area (Å²) in [6.45, 7) is 14.0. The van der Waals surface area contributed by atoms with Crippen LogP contribution in [-0.2, 0) is 28.4 Å². The normalized spacial score (nSPS) is 17.8. The average Bonchev–Trinajstić information content (AvgIpc) is 4.03. The Labute approximate surface area is 350 Å². The lowest BCUT2D eigenvalue weighted by Gasteiger charge is -2.43. The number of carboxylic acids is 1. The molecular formula is C41H59FN3O12P3. The Kier molecular flexibility index (Phi) is 14.0. The minimum absolute atomic E-state index is 0.0432. The van der Waals surface area contributed by atoms with Crippen LogP contribution in [0.1, 0.15) is 109 Å². The number of hydrogen-bond acceptors (Lipinski definition) is 10. The zero-order valence-corrected chi connectivity index (χ0v) is 38.6. The van der Waals surface area contributed by atoms with E-state index in [4.69, 9.17) is 13.8 Å². The lowest BCUT2D eigenvalue weighted by atomic mass is 9.80. The summed E-state index contributed by atoms with van der Waals surface area (Å²) >= 11 is 0. The Bertz CT molecular complexity index is 2350. The molecule has 2 fully saturated rings. The Morgan fingerprint density at radius 3 is 2.12 bits per heavy atom. The highest BCUT2D eigenvalue weighted by molar-refractivity contribution is 7.80. The van der Waals surface area contributed by atoms with Crippen molar-refractivity contribution in [2.45, 2.75) is 110 Å². The van der Waals surface area contributed by atoms with Gasteiger partial charge in [-0.1, -0.05) is 41.5 Å². The van der Waals surface area contributed by atoms with Crippen molar-refractivity contribution in [1.29, 1.82) is 0 Å². The Balaban J connectivity index is 1.52. The molecule has 2 heterocycles. The molecule has 332 valence electrons. The maximum absolute atomic E-state index is 16.2. The van der Waals surface area contributed by atoms with E-state index in [1.54, 1.807) is 62.8 Å². The third-order valence-electron chi connectivity index (χ3n) is 12.2. The van der Waals surface area contributed by atoms with Crippen LogP contribution in [0.4, 0.5) is 10.1 Å². The van der Waals surface area contributed by atoms with Gasteiger partial charge in [-0.25, -0.2) is 9.18 Å². The van der Waals surface area contributed by atoms with Crippen LogP contribution >= 0.6 is 22.3 Å². The average molecular weight is 898 g/mol. The fourth-order valence-corrected chi connectivity index (χ4v) is 15.1. The minimum Gasteiger partial charge on any atom is -0.492 e. The molecule has 2 atom stereocenters. The fourth-order valence-electron chi connectivity index (χ4n) is 8.54. The number of hydrogen-bond donors (Lipinski definition) is 3. The number of aromatic nitrogens is 1. The van der Waals surface area contributed by atoms with Crippen molar-refractivity contribution < 1.29 is 56.4 Å². The van der Waals surface area contributed by atoms with Gasteiger partial charge in [-0.3, -0.25) is 23.3 Å². The summed E-state index contributed by atoms with van der Waals surface area (Å²) in [4.78, 5) is 62.3. The van der Waals surface area contributed by atoms with Gasteiger partial charge in [-0.15, -0.1) is 0 Å². The third kappa shape index (κ3) is 8.49. The summed E-state index contributed by atoms with van der Waals surface area (Å²) in [5.41, 5.74) is -1.58. The van der Waals surface area contributed by atoms with Gasteiger partial charge in [0.25, 0.3) is 0 Å². The van der Waals surface area contributed by atoms with E-state index in [1.165, 1.54) is 31.5 Å². The summed E-state index contributed by atoms with van der Waals surface area (Å²) in [6, 6.07) is 4.98. The number of anilines is 1. The van der Waals surface area contributed by atoms with Crippen molar-refractivity contribution in [3.8, 4) is 11.5 Å². The number of carbonyl (C=O) groups excluding carboxylic acids is 1. The second-order valence-electron chi connectivity index (χ2n) is 16.3. The van der Waals surface area contributed by atoms with Crippen molar-refractivity contribution in [1.82, 2.24) is 9.47 Å². The number of carbonyl (C=O) groups is 2. The lowest BCUT2D eigenvalue weighted by Crippen LogP contribution is -2.55. The molecule has 2 aliphatic rings. The van der Waals surface area contributed by atoms with Crippen LogP contribution in [0, 0.1) is 5.82 Å². The molecule has 15 nitrogen and oxygen atoms in total. The number of pyridine rings is 1. The van der Waals surface area contributed by atoms with Crippen molar-refractivity contribution in [2.24, 2.45) is 0 Å². The predicted octanol–water partition coefficient (Wildman–Crippen LogP) is 7.92. The van der Waals surface area contributed by atoms with Crippen molar-refractivity contribution in [2.75, 3.05) is 50.6 Å². The summed E-state index contributed by atoms with van der Waals surface area (Å²) in [5, 5.41) is 9.67. The first-order valence-corrected chi connectivity index (χ1v) is 25.7. The number of amides is 1. The molecular weight excluding hydrogens is 838 g/mol. The summed E-state index contributed by atoms with van der Waals surface area (Å²) in [7, 11) is -11.2. The molecule has 1 aliphatic heterocycles.